The van der Waals surface area contributed by atoms with Gasteiger partial charge in [0.1, 0.15) is 17.7 Å². The van der Waals surface area contributed by atoms with Crippen molar-refractivity contribution in [2.45, 2.75) is 31.9 Å². The lowest BCUT2D eigenvalue weighted by Crippen LogP contribution is -2.19. The van der Waals surface area contributed by atoms with E-state index in [2.05, 4.69) is 15.0 Å². The predicted molar refractivity (Wildman–Crippen MR) is 138 cm³/mol. The molecule has 0 spiro atoms. The van der Waals surface area contributed by atoms with E-state index in [-0.39, 0.29) is 12.8 Å². The number of ether oxygens (including phenoxy) is 3. The highest BCUT2D eigenvalue weighted by molar-refractivity contribution is 5.82. The van der Waals surface area contributed by atoms with Crippen LogP contribution in [-0.4, -0.2) is 58.8 Å². The molecule has 5 rings (SSSR count). The van der Waals surface area contributed by atoms with E-state index >= 15 is 0 Å². The van der Waals surface area contributed by atoms with Crippen LogP contribution in [0.15, 0.2) is 55.0 Å². The van der Waals surface area contributed by atoms with Gasteiger partial charge < -0.3 is 24.2 Å². The van der Waals surface area contributed by atoms with Gasteiger partial charge in [0.05, 0.1) is 43.3 Å². The second-order valence-corrected chi connectivity index (χ2v) is 8.76. The fraction of sp³-hybridized carbons (Fsp3) is 0.370. The molecule has 9 nitrogen and oxygen atoms in total. The smallest absolute Gasteiger partial charge is 0.150 e. The molecule has 188 valence electrons. The highest BCUT2D eigenvalue weighted by Gasteiger charge is 2.18. The quantitative estimate of drug-likeness (QED) is 0.361. The molecular weight excluding hydrogens is 458 g/mol. The average Bonchev–Trinajstić information content (AvgIpc) is 3.43. The summed E-state index contributed by atoms with van der Waals surface area (Å²) in [5, 5.41) is 14.0. The summed E-state index contributed by atoms with van der Waals surface area (Å²) in [5.41, 5.74) is 5.07. The number of fused-ring (bicyclic) bond motifs is 1. The van der Waals surface area contributed by atoms with E-state index in [1.165, 1.54) is 0 Å². The molecule has 1 saturated heterocycles. The van der Waals surface area contributed by atoms with Gasteiger partial charge in [-0.25, -0.2) is 9.67 Å². The number of rotatable bonds is 9. The van der Waals surface area contributed by atoms with Gasteiger partial charge in [0.15, 0.2) is 0 Å². The van der Waals surface area contributed by atoms with Crippen LogP contribution in [0.1, 0.15) is 31.9 Å². The normalized spacial score (nSPS) is 15.7. The van der Waals surface area contributed by atoms with Crippen molar-refractivity contribution in [2.24, 2.45) is 0 Å². The minimum atomic E-state index is -0.0209. The van der Waals surface area contributed by atoms with Crippen molar-refractivity contribution in [1.29, 1.82) is 0 Å². The van der Waals surface area contributed by atoms with Crippen LogP contribution in [0.2, 0.25) is 0 Å². The summed E-state index contributed by atoms with van der Waals surface area (Å²) in [5.74, 6) is 1.39. The number of aromatic nitrogens is 4. The van der Waals surface area contributed by atoms with Crippen molar-refractivity contribution < 1.29 is 19.3 Å². The molecule has 1 aliphatic rings. The lowest BCUT2D eigenvalue weighted by Gasteiger charge is -2.26. The second-order valence-electron chi connectivity index (χ2n) is 8.76. The first-order valence-corrected chi connectivity index (χ1v) is 12.2. The lowest BCUT2D eigenvalue weighted by molar-refractivity contribution is -0.0394. The van der Waals surface area contributed by atoms with Crippen LogP contribution in [0.25, 0.3) is 22.3 Å². The summed E-state index contributed by atoms with van der Waals surface area (Å²) < 4.78 is 18.7. The third-order valence-electron chi connectivity index (χ3n) is 6.37. The zero-order chi connectivity index (χ0) is 24.9. The number of aliphatic hydroxyl groups is 1. The Hall–Kier alpha value is -3.69. The number of anilines is 2. The molecule has 1 aliphatic heterocycles. The molecule has 3 heterocycles. The van der Waals surface area contributed by atoms with Crippen LogP contribution in [0.5, 0.6) is 11.5 Å². The maximum absolute atomic E-state index is 9.53. The fourth-order valence-corrected chi connectivity index (χ4v) is 4.45. The number of methoxy groups -OCH3 is 2. The molecule has 1 fully saturated rings. The number of nitrogens with zero attached hydrogens (tertiary/aromatic N) is 5. The van der Waals surface area contributed by atoms with Gasteiger partial charge in [-0.05, 0) is 43.9 Å². The molecule has 4 aromatic rings. The Morgan fingerprint density at radius 1 is 1.03 bits per heavy atom. The summed E-state index contributed by atoms with van der Waals surface area (Å²) >= 11 is 0. The van der Waals surface area contributed by atoms with Crippen LogP contribution in [-0.2, 0) is 4.74 Å². The summed E-state index contributed by atoms with van der Waals surface area (Å²) in [6.45, 7) is 1.47. The topological polar surface area (TPSA) is 94.8 Å². The Morgan fingerprint density at radius 2 is 1.86 bits per heavy atom. The first-order valence-electron chi connectivity index (χ1n) is 12.2. The molecule has 2 aromatic carbocycles. The van der Waals surface area contributed by atoms with Crippen molar-refractivity contribution in [3.63, 3.8) is 0 Å². The Kier molecular flexibility index (Phi) is 7.29. The minimum Gasteiger partial charge on any atom is -0.497 e. The van der Waals surface area contributed by atoms with Crippen LogP contribution < -0.4 is 14.4 Å². The molecule has 1 N–H and O–H groups in total. The van der Waals surface area contributed by atoms with Gasteiger partial charge in [-0.2, -0.15) is 5.10 Å². The predicted octanol–water partition coefficient (Wildman–Crippen LogP) is 4.73. The summed E-state index contributed by atoms with van der Waals surface area (Å²) in [6, 6.07) is 11.7. The van der Waals surface area contributed by atoms with Gasteiger partial charge in [-0.15, -0.1) is 0 Å². The van der Waals surface area contributed by atoms with E-state index in [1.54, 1.807) is 20.4 Å². The Morgan fingerprint density at radius 3 is 2.58 bits per heavy atom. The molecule has 1 unspecified atom stereocenters. The van der Waals surface area contributed by atoms with Gasteiger partial charge in [0, 0.05) is 61.1 Å². The Balaban J connectivity index is 1.49. The minimum absolute atomic E-state index is 0.0209. The largest absolute Gasteiger partial charge is 0.497 e. The molecule has 2 aromatic heterocycles. The standard InChI is InChI=1S/C27H31N5O4/c1-34-22-12-21(13-23(15-22)35-2)31(9-5-10-33)20-7-8-24-25(14-20)30-26(17-28-24)19-16-29-32(18-19)27-6-3-4-11-36-27/h7-8,12-18,27,33H,3-6,9-11H2,1-2H3. The SMILES string of the molecule is COc1cc(OC)cc(N(CCCO)c2ccc3ncc(-c4cnn(C5CCCCO5)c4)nc3c2)c1. The van der Waals surface area contributed by atoms with Crippen molar-refractivity contribution in [3.8, 4) is 22.8 Å². The number of hydrogen-bond donors (Lipinski definition) is 1. The molecule has 0 bridgehead atoms. The fourth-order valence-electron chi connectivity index (χ4n) is 4.45. The first-order chi connectivity index (χ1) is 17.7. The van der Waals surface area contributed by atoms with E-state index < -0.39 is 0 Å². The molecule has 1 atom stereocenters. The van der Waals surface area contributed by atoms with Crippen molar-refractivity contribution in [2.75, 3.05) is 38.9 Å². The molecule has 0 saturated carbocycles. The van der Waals surface area contributed by atoms with E-state index in [4.69, 9.17) is 19.2 Å². The van der Waals surface area contributed by atoms with Gasteiger partial charge >= 0.3 is 0 Å². The third kappa shape index (κ3) is 5.12. The first kappa shape index (κ1) is 24.0. The molecule has 0 amide bonds. The monoisotopic (exact) mass is 489 g/mol. The van der Waals surface area contributed by atoms with Crippen molar-refractivity contribution in [1.82, 2.24) is 19.7 Å². The van der Waals surface area contributed by atoms with Crippen LogP contribution in [0.3, 0.4) is 0 Å². The van der Waals surface area contributed by atoms with E-state index in [1.807, 2.05) is 53.5 Å². The van der Waals surface area contributed by atoms with Gasteiger partial charge in [-0.1, -0.05) is 0 Å². The maximum atomic E-state index is 9.53. The zero-order valence-corrected chi connectivity index (χ0v) is 20.6. The average molecular weight is 490 g/mol. The third-order valence-corrected chi connectivity index (χ3v) is 6.37. The van der Waals surface area contributed by atoms with Gasteiger partial charge in [0.2, 0.25) is 0 Å². The molecule has 0 aliphatic carbocycles. The lowest BCUT2D eigenvalue weighted by atomic mass is 10.1. The van der Waals surface area contributed by atoms with Gasteiger partial charge in [0.25, 0.3) is 0 Å². The number of benzene rings is 2. The number of hydrogen-bond acceptors (Lipinski definition) is 8. The van der Waals surface area contributed by atoms with Gasteiger partial charge in [-0.3, -0.25) is 4.98 Å². The molecule has 0 radical (unpaired) electrons. The molecule has 36 heavy (non-hydrogen) atoms. The summed E-state index contributed by atoms with van der Waals surface area (Å²) in [6.07, 6.45) is 9.36. The molecular formula is C27H31N5O4. The second kappa shape index (κ2) is 10.9. The highest BCUT2D eigenvalue weighted by atomic mass is 16.5. The Labute approximate surface area is 210 Å². The van der Waals surface area contributed by atoms with E-state index in [0.29, 0.717) is 24.5 Å². The van der Waals surface area contributed by atoms with Crippen LogP contribution in [0.4, 0.5) is 11.4 Å². The number of aliphatic hydroxyl groups excluding tert-OH is 1. The van der Waals surface area contributed by atoms with E-state index in [9.17, 15) is 5.11 Å². The maximum Gasteiger partial charge on any atom is 0.150 e. The highest BCUT2D eigenvalue weighted by Crippen LogP contribution is 2.34. The van der Waals surface area contributed by atoms with E-state index in [0.717, 1.165) is 59.5 Å². The summed E-state index contributed by atoms with van der Waals surface area (Å²) in [4.78, 5) is 11.7. The van der Waals surface area contributed by atoms with Crippen LogP contribution >= 0.6 is 0 Å². The van der Waals surface area contributed by atoms with Crippen molar-refractivity contribution >= 4 is 22.4 Å². The molecule has 9 heteroatoms. The van der Waals surface area contributed by atoms with Crippen molar-refractivity contribution in [3.05, 3.63) is 55.0 Å². The zero-order valence-electron chi connectivity index (χ0n) is 20.6. The Bertz CT molecular complexity index is 1300. The van der Waals surface area contributed by atoms with Crippen LogP contribution in [0, 0.1) is 0 Å². The summed E-state index contributed by atoms with van der Waals surface area (Å²) in [7, 11) is 3.26.